The fourth-order valence-corrected chi connectivity index (χ4v) is 3.42. The van der Waals surface area contributed by atoms with Crippen LogP contribution in [0, 0.1) is 0 Å². The predicted octanol–water partition coefficient (Wildman–Crippen LogP) is 1.29. The molecule has 1 unspecified atom stereocenters. The Bertz CT molecular complexity index is 641. The first-order chi connectivity index (χ1) is 12.8. The van der Waals surface area contributed by atoms with Crippen LogP contribution in [0.5, 0.6) is 5.75 Å². The van der Waals surface area contributed by atoms with Gasteiger partial charge in [0.2, 0.25) is 10.0 Å². The molecule has 0 aliphatic heterocycles. The van der Waals surface area contributed by atoms with Crippen molar-refractivity contribution in [2.24, 2.45) is 0 Å². The number of nitrogens with zero attached hydrogens (tertiary/aromatic N) is 3. The third kappa shape index (κ3) is 11.5. The lowest BCUT2D eigenvalue weighted by Gasteiger charge is -2.20. The van der Waals surface area contributed by atoms with Crippen LogP contribution in [0.1, 0.15) is 44.9 Å². The summed E-state index contributed by atoms with van der Waals surface area (Å²) in [5.74, 6) is -0.340. The molecule has 0 amide bonds. The molecule has 1 atom stereocenters. The molecule has 0 aromatic carbocycles. The maximum absolute atomic E-state index is 11.9. The molecular weight excluding hydrogens is 374 g/mol. The molecule has 0 spiro atoms. The van der Waals surface area contributed by atoms with Crippen molar-refractivity contribution in [2.75, 3.05) is 26.0 Å². The number of aliphatic hydroxyl groups excluding tert-OH is 1. The summed E-state index contributed by atoms with van der Waals surface area (Å²) in [6.45, 7) is 0.829. The van der Waals surface area contributed by atoms with Gasteiger partial charge in [-0.2, -0.15) is 0 Å². The standard InChI is InChI=1S/C17H29N3O6S/c1-27(24,25)20(9-5-3-2-4-8-17(22)23)10-6-7-15(21)13-26-16-11-18-14-19-12-16/h11-12,14-15,21H,2-10,13H2,1H3,(H,22,23). The maximum Gasteiger partial charge on any atom is 0.303 e. The van der Waals surface area contributed by atoms with Gasteiger partial charge in [0.05, 0.1) is 24.8 Å². The Balaban J connectivity index is 2.24. The van der Waals surface area contributed by atoms with Crippen LogP contribution in [0.4, 0.5) is 0 Å². The smallest absolute Gasteiger partial charge is 0.303 e. The molecule has 0 aliphatic carbocycles. The zero-order valence-electron chi connectivity index (χ0n) is 15.7. The van der Waals surface area contributed by atoms with Gasteiger partial charge in [0, 0.05) is 19.5 Å². The van der Waals surface area contributed by atoms with Gasteiger partial charge in [-0.1, -0.05) is 12.8 Å². The predicted molar refractivity (Wildman–Crippen MR) is 99.9 cm³/mol. The number of aliphatic carboxylic acids is 1. The van der Waals surface area contributed by atoms with E-state index in [1.54, 1.807) is 0 Å². The molecule has 0 saturated heterocycles. The van der Waals surface area contributed by atoms with Gasteiger partial charge in [-0.3, -0.25) is 4.79 Å². The average molecular weight is 404 g/mol. The SMILES string of the molecule is CS(=O)(=O)N(CCCCCCC(=O)O)CCCC(O)COc1cncnc1. The molecule has 1 heterocycles. The highest BCUT2D eigenvalue weighted by Crippen LogP contribution is 2.10. The third-order valence-electron chi connectivity index (χ3n) is 3.94. The van der Waals surface area contributed by atoms with E-state index in [2.05, 4.69) is 9.97 Å². The van der Waals surface area contributed by atoms with Gasteiger partial charge < -0.3 is 14.9 Å². The summed E-state index contributed by atoms with van der Waals surface area (Å²) in [4.78, 5) is 18.1. The van der Waals surface area contributed by atoms with Crippen molar-refractivity contribution in [1.82, 2.24) is 14.3 Å². The molecule has 0 aliphatic rings. The number of carboxylic acids is 1. The van der Waals surface area contributed by atoms with Crippen LogP contribution in [-0.2, 0) is 14.8 Å². The minimum atomic E-state index is -3.31. The minimum absolute atomic E-state index is 0.0931. The summed E-state index contributed by atoms with van der Waals surface area (Å²) < 4.78 is 30.5. The van der Waals surface area contributed by atoms with Crippen LogP contribution in [0.15, 0.2) is 18.7 Å². The van der Waals surface area contributed by atoms with E-state index in [-0.39, 0.29) is 13.0 Å². The second-order valence-electron chi connectivity index (χ2n) is 6.40. The Kier molecular flexibility index (Phi) is 10.8. The highest BCUT2D eigenvalue weighted by Gasteiger charge is 2.16. The summed E-state index contributed by atoms with van der Waals surface area (Å²) in [7, 11) is -3.31. The quantitative estimate of drug-likeness (QED) is 0.419. The molecule has 1 aromatic rings. The highest BCUT2D eigenvalue weighted by molar-refractivity contribution is 7.88. The van der Waals surface area contributed by atoms with Gasteiger partial charge >= 0.3 is 5.97 Å². The van der Waals surface area contributed by atoms with Gasteiger partial charge in [0.1, 0.15) is 12.9 Å². The van der Waals surface area contributed by atoms with Crippen molar-refractivity contribution in [3.63, 3.8) is 0 Å². The Labute approximate surface area is 160 Å². The number of aliphatic hydroxyl groups is 1. The van der Waals surface area contributed by atoms with Crippen LogP contribution in [0.25, 0.3) is 0 Å². The zero-order valence-corrected chi connectivity index (χ0v) is 16.5. The number of unbranched alkanes of at least 4 members (excludes halogenated alkanes) is 3. The number of rotatable bonds is 15. The fourth-order valence-electron chi connectivity index (χ4n) is 2.50. The highest BCUT2D eigenvalue weighted by atomic mass is 32.2. The largest absolute Gasteiger partial charge is 0.488 e. The molecule has 2 N–H and O–H groups in total. The van der Waals surface area contributed by atoms with Gasteiger partial charge in [0.25, 0.3) is 0 Å². The number of hydrogen-bond donors (Lipinski definition) is 2. The van der Waals surface area contributed by atoms with E-state index in [0.717, 1.165) is 12.8 Å². The van der Waals surface area contributed by atoms with Crippen LogP contribution >= 0.6 is 0 Å². The normalized spacial score (nSPS) is 12.9. The molecule has 0 saturated carbocycles. The van der Waals surface area contributed by atoms with Gasteiger partial charge in [0.15, 0.2) is 5.75 Å². The Morgan fingerprint density at radius 3 is 2.41 bits per heavy atom. The lowest BCUT2D eigenvalue weighted by Crippen LogP contribution is -2.32. The van der Waals surface area contributed by atoms with E-state index in [9.17, 15) is 18.3 Å². The zero-order chi connectivity index (χ0) is 20.1. The Hall–Kier alpha value is -1.78. The van der Waals surface area contributed by atoms with Gasteiger partial charge in [-0.05, 0) is 25.7 Å². The van der Waals surface area contributed by atoms with E-state index < -0.39 is 22.1 Å². The lowest BCUT2D eigenvalue weighted by molar-refractivity contribution is -0.137. The van der Waals surface area contributed by atoms with Crippen LogP contribution < -0.4 is 4.74 Å². The average Bonchev–Trinajstić information content (AvgIpc) is 2.61. The molecule has 1 aromatic heterocycles. The number of sulfonamides is 1. The summed E-state index contributed by atoms with van der Waals surface area (Å²) in [5, 5.41) is 18.5. The van der Waals surface area contributed by atoms with Crippen molar-refractivity contribution in [2.45, 2.75) is 51.0 Å². The molecular formula is C17H29N3O6S. The third-order valence-corrected chi connectivity index (χ3v) is 5.24. The summed E-state index contributed by atoms with van der Waals surface area (Å²) >= 11 is 0. The molecule has 1 rings (SSSR count). The molecule has 9 nitrogen and oxygen atoms in total. The topological polar surface area (TPSA) is 130 Å². The minimum Gasteiger partial charge on any atom is -0.488 e. The van der Waals surface area contributed by atoms with E-state index in [4.69, 9.17) is 9.84 Å². The van der Waals surface area contributed by atoms with Crippen molar-refractivity contribution in [3.8, 4) is 5.75 Å². The van der Waals surface area contributed by atoms with Crippen LogP contribution in [0.3, 0.4) is 0 Å². The second-order valence-corrected chi connectivity index (χ2v) is 8.38. The second kappa shape index (κ2) is 12.6. The van der Waals surface area contributed by atoms with Gasteiger partial charge in [-0.15, -0.1) is 0 Å². The van der Waals surface area contributed by atoms with E-state index in [0.29, 0.717) is 44.5 Å². The fraction of sp³-hybridized carbons (Fsp3) is 0.706. The molecule has 154 valence electrons. The summed E-state index contributed by atoms with van der Waals surface area (Å²) in [6, 6.07) is 0. The van der Waals surface area contributed by atoms with Crippen molar-refractivity contribution < 1.29 is 28.2 Å². The first kappa shape index (κ1) is 23.3. The molecule has 0 fully saturated rings. The van der Waals surface area contributed by atoms with Gasteiger partial charge in [-0.25, -0.2) is 22.7 Å². The molecule has 27 heavy (non-hydrogen) atoms. The number of hydrogen-bond acceptors (Lipinski definition) is 7. The number of carboxylic acid groups (broad SMARTS) is 1. The summed E-state index contributed by atoms with van der Waals surface area (Å²) in [6.07, 6.45) is 8.77. The molecule has 0 bridgehead atoms. The maximum atomic E-state index is 11.9. The number of carbonyl (C=O) groups is 1. The van der Waals surface area contributed by atoms with E-state index in [1.807, 2.05) is 0 Å². The van der Waals surface area contributed by atoms with Crippen LogP contribution in [0.2, 0.25) is 0 Å². The molecule has 0 radical (unpaired) electrons. The first-order valence-electron chi connectivity index (χ1n) is 9.02. The number of aromatic nitrogens is 2. The Morgan fingerprint density at radius 2 is 1.78 bits per heavy atom. The lowest BCUT2D eigenvalue weighted by atomic mass is 10.1. The number of ether oxygens (including phenoxy) is 1. The van der Waals surface area contributed by atoms with Crippen molar-refractivity contribution in [3.05, 3.63) is 18.7 Å². The van der Waals surface area contributed by atoms with E-state index in [1.165, 1.54) is 29.3 Å². The summed E-state index contributed by atoms with van der Waals surface area (Å²) in [5.41, 5.74) is 0. The van der Waals surface area contributed by atoms with Crippen LogP contribution in [-0.4, -0.2) is 70.9 Å². The van der Waals surface area contributed by atoms with E-state index >= 15 is 0 Å². The first-order valence-corrected chi connectivity index (χ1v) is 10.9. The van der Waals surface area contributed by atoms with Crippen molar-refractivity contribution in [1.29, 1.82) is 0 Å². The Morgan fingerprint density at radius 1 is 1.15 bits per heavy atom. The molecule has 10 heteroatoms. The van der Waals surface area contributed by atoms with Crippen molar-refractivity contribution >= 4 is 16.0 Å². The monoisotopic (exact) mass is 403 g/mol.